The molecule has 0 unspecified atom stereocenters. The van der Waals surface area contributed by atoms with Gasteiger partial charge in [-0.15, -0.1) is 0 Å². The van der Waals surface area contributed by atoms with E-state index in [1.54, 1.807) is 6.07 Å². The van der Waals surface area contributed by atoms with Crippen LogP contribution in [0.25, 0.3) is 0 Å². The molecule has 2 rings (SSSR count). The molecule has 0 fully saturated rings. The standard InChI is InChI=1S/C14H18N4OS/c1-3-8-19-11-6-4-10(5-7-11)16-13-9-12(15)17-14(18-13)20-2/h4-7,9H,3,8H2,1-2H3,(H3,15,16,17,18). The summed E-state index contributed by atoms with van der Waals surface area (Å²) in [4.78, 5) is 8.46. The van der Waals surface area contributed by atoms with E-state index in [1.165, 1.54) is 11.8 Å². The van der Waals surface area contributed by atoms with Crippen molar-refractivity contribution in [2.24, 2.45) is 0 Å². The van der Waals surface area contributed by atoms with Crippen LogP contribution in [-0.2, 0) is 0 Å². The van der Waals surface area contributed by atoms with E-state index < -0.39 is 0 Å². The van der Waals surface area contributed by atoms with Crippen LogP contribution in [0.3, 0.4) is 0 Å². The van der Waals surface area contributed by atoms with Crippen molar-refractivity contribution in [3.05, 3.63) is 30.3 Å². The Morgan fingerprint density at radius 2 is 2.00 bits per heavy atom. The Kier molecular flexibility index (Phi) is 5.06. The molecule has 106 valence electrons. The van der Waals surface area contributed by atoms with Crippen LogP contribution in [-0.4, -0.2) is 22.8 Å². The molecule has 1 aromatic carbocycles. The first-order valence-electron chi connectivity index (χ1n) is 6.39. The summed E-state index contributed by atoms with van der Waals surface area (Å²) in [6.07, 6.45) is 2.91. The van der Waals surface area contributed by atoms with E-state index in [-0.39, 0.29) is 0 Å². The minimum absolute atomic E-state index is 0.453. The van der Waals surface area contributed by atoms with Gasteiger partial charge in [0, 0.05) is 11.8 Å². The van der Waals surface area contributed by atoms with Crippen LogP contribution in [0.4, 0.5) is 17.3 Å². The first-order valence-corrected chi connectivity index (χ1v) is 7.62. The molecule has 0 radical (unpaired) electrons. The summed E-state index contributed by atoms with van der Waals surface area (Å²) in [6.45, 7) is 2.81. The first kappa shape index (κ1) is 14.5. The quantitative estimate of drug-likeness (QED) is 0.628. The summed E-state index contributed by atoms with van der Waals surface area (Å²) in [5.41, 5.74) is 6.67. The van der Waals surface area contributed by atoms with Gasteiger partial charge >= 0.3 is 0 Å². The minimum Gasteiger partial charge on any atom is -0.494 e. The maximum Gasteiger partial charge on any atom is 0.191 e. The highest BCUT2D eigenvalue weighted by Gasteiger charge is 2.02. The Balaban J connectivity index is 2.07. The molecular weight excluding hydrogens is 272 g/mol. The highest BCUT2D eigenvalue weighted by Crippen LogP contribution is 2.21. The van der Waals surface area contributed by atoms with Crippen molar-refractivity contribution in [1.82, 2.24) is 9.97 Å². The van der Waals surface area contributed by atoms with Gasteiger partial charge in [-0.2, -0.15) is 0 Å². The molecular formula is C14H18N4OS. The Labute approximate surface area is 123 Å². The average molecular weight is 290 g/mol. The van der Waals surface area contributed by atoms with Crippen LogP contribution in [0.2, 0.25) is 0 Å². The molecule has 0 aliphatic carbocycles. The Hall–Kier alpha value is -1.95. The largest absolute Gasteiger partial charge is 0.494 e. The van der Waals surface area contributed by atoms with Gasteiger partial charge in [-0.05, 0) is 36.9 Å². The number of rotatable bonds is 6. The van der Waals surface area contributed by atoms with Gasteiger partial charge in [-0.3, -0.25) is 0 Å². The van der Waals surface area contributed by atoms with E-state index in [0.29, 0.717) is 16.8 Å². The summed E-state index contributed by atoms with van der Waals surface area (Å²) in [7, 11) is 0. The maximum atomic E-state index is 5.74. The van der Waals surface area contributed by atoms with E-state index in [1.807, 2.05) is 30.5 Å². The average Bonchev–Trinajstić information content (AvgIpc) is 2.46. The van der Waals surface area contributed by atoms with Crippen LogP contribution in [0.5, 0.6) is 5.75 Å². The molecule has 6 heteroatoms. The van der Waals surface area contributed by atoms with Gasteiger partial charge < -0.3 is 15.8 Å². The number of thioether (sulfide) groups is 1. The molecule has 0 saturated carbocycles. The molecule has 5 nitrogen and oxygen atoms in total. The fourth-order valence-corrected chi connectivity index (χ4v) is 1.99. The third kappa shape index (κ3) is 4.03. The number of hydrogen-bond donors (Lipinski definition) is 2. The molecule has 0 spiro atoms. The summed E-state index contributed by atoms with van der Waals surface area (Å²) >= 11 is 1.46. The fourth-order valence-electron chi connectivity index (χ4n) is 1.60. The molecule has 20 heavy (non-hydrogen) atoms. The van der Waals surface area contributed by atoms with Gasteiger partial charge in [0.15, 0.2) is 5.16 Å². The number of hydrogen-bond acceptors (Lipinski definition) is 6. The molecule has 3 N–H and O–H groups in total. The lowest BCUT2D eigenvalue weighted by atomic mass is 10.3. The molecule has 1 heterocycles. The highest BCUT2D eigenvalue weighted by atomic mass is 32.2. The van der Waals surface area contributed by atoms with E-state index in [2.05, 4.69) is 22.2 Å². The minimum atomic E-state index is 0.453. The lowest BCUT2D eigenvalue weighted by Crippen LogP contribution is -2.00. The number of nitrogens with two attached hydrogens (primary N) is 1. The number of anilines is 3. The number of ether oxygens (including phenoxy) is 1. The second-order valence-corrected chi connectivity index (χ2v) is 4.94. The maximum absolute atomic E-state index is 5.74. The van der Waals surface area contributed by atoms with Crippen molar-refractivity contribution in [2.75, 3.05) is 23.9 Å². The predicted molar refractivity (Wildman–Crippen MR) is 83.7 cm³/mol. The number of benzene rings is 1. The van der Waals surface area contributed by atoms with Crippen LogP contribution in [0.15, 0.2) is 35.5 Å². The van der Waals surface area contributed by atoms with Crippen molar-refractivity contribution in [3.8, 4) is 5.75 Å². The number of nitrogens with zero attached hydrogens (tertiary/aromatic N) is 2. The zero-order valence-corrected chi connectivity index (χ0v) is 12.4. The summed E-state index contributed by atoms with van der Waals surface area (Å²) in [5, 5.41) is 3.85. The van der Waals surface area contributed by atoms with Gasteiger partial charge in [0.1, 0.15) is 17.4 Å². The van der Waals surface area contributed by atoms with Crippen molar-refractivity contribution in [2.45, 2.75) is 18.5 Å². The normalized spacial score (nSPS) is 10.3. The summed E-state index contributed by atoms with van der Waals surface area (Å²) < 4.78 is 5.54. The number of nitrogen functional groups attached to an aromatic ring is 1. The van der Waals surface area contributed by atoms with Gasteiger partial charge in [0.2, 0.25) is 0 Å². The Bertz CT molecular complexity index is 560. The van der Waals surface area contributed by atoms with Crippen LogP contribution >= 0.6 is 11.8 Å². The van der Waals surface area contributed by atoms with Gasteiger partial charge in [0.25, 0.3) is 0 Å². The molecule has 0 bridgehead atoms. The summed E-state index contributed by atoms with van der Waals surface area (Å²) in [5.74, 6) is 2.00. The third-order valence-corrected chi connectivity index (χ3v) is 3.06. The zero-order valence-electron chi connectivity index (χ0n) is 11.6. The second-order valence-electron chi connectivity index (χ2n) is 4.16. The smallest absolute Gasteiger partial charge is 0.191 e. The lowest BCUT2D eigenvalue weighted by Gasteiger charge is -2.09. The van der Waals surface area contributed by atoms with Crippen molar-refractivity contribution in [3.63, 3.8) is 0 Å². The van der Waals surface area contributed by atoms with Crippen molar-refractivity contribution < 1.29 is 4.74 Å². The Morgan fingerprint density at radius 3 is 2.65 bits per heavy atom. The molecule has 0 amide bonds. The van der Waals surface area contributed by atoms with E-state index in [4.69, 9.17) is 10.5 Å². The van der Waals surface area contributed by atoms with Crippen molar-refractivity contribution >= 4 is 29.1 Å². The SMILES string of the molecule is CCCOc1ccc(Nc2cc(N)nc(SC)n2)cc1. The monoisotopic (exact) mass is 290 g/mol. The second kappa shape index (κ2) is 7.00. The number of nitrogens with one attached hydrogen (secondary N) is 1. The van der Waals surface area contributed by atoms with Crippen LogP contribution < -0.4 is 15.8 Å². The van der Waals surface area contributed by atoms with Gasteiger partial charge in [0.05, 0.1) is 6.61 Å². The highest BCUT2D eigenvalue weighted by molar-refractivity contribution is 7.98. The van der Waals surface area contributed by atoms with Crippen LogP contribution in [0, 0.1) is 0 Å². The van der Waals surface area contributed by atoms with Gasteiger partial charge in [-0.25, -0.2) is 9.97 Å². The molecule has 0 aliphatic rings. The van der Waals surface area contributed by atoms with E-state index in [9.17, 15) is 0 Å². The lowest BCUT2D eigenvalue weighted by molar-refractivity contribution is 0.317. The first-order chi connectivity index (χ1) is 9.71. The van der Waals surface area contributed by atoms with E-state index >= 15 is 0 Å². The fraction of sp³-hybridized carbons (Fsp3) is 0.286. The molecule has 0 aliphatic heterocycles. The zero-order chi connectivity index (χ0) is 14.4. The predicted octanol–water partition coefficient (Wildman–Crippen LogP) is 3.31. The molecule has 0 atom stereocenters. The topological polar surface area (TPSA) is 73.1 Å². The van der Waals surface area contributed by atoms with E-state index in [0.717, 1.165) is 24.5 Å². The molecule has 2 aromatic rings. The van der Waals surface area contributed by atoms with Gasteiger partial charge in [-0.1, -0.05) is 18.7 Å². The van der Waals surface area contributed by atoms with Crippen LogP contribution in [0.1, 0.15) is 13.3 Å². The molecule has 0 saturated heterocycles. The third-order valence-electron chi connectivity index (χ3n) is 2.51. The Morgan fingerprint density at radius 1 is 1.25 bits per heavy atom. The molecule has 1 aromatic heterocycles. The summed E-state index contributed by atoms with van der Waals surface area (Å²) in [6, 6.07) is 9.46. The number of aromatic nitrogens is 2. The van der Waals surface area contributed by atoms with Crippen molar-refractivity contribution in [1.29, 1.82) is 0 Å².